The number of amides is 2. The molecule has 1 N–H and O–H groups in total. The summed E-state index contributed by atoms with van der Waals surface area (Å²) in [6.07, 6.45) is 1.48. The fourth-order valence-corrected chi connectivity index (χ4v) is 2.73. The highest BCUT2D eigenvalue weighted by molar-refractivity contribution is 6.03. The van der Waals surface area contributed by atoms with Gasteiger partial charge in [-0.05, 0) is 6.92 Å². The van der Waals surface area contributed by atoms with Crippen molar-refractivity contribution < 1.29 is 14.3 Å². The predicted octanol–water partition coefficient (Wildman–Crippen LogP) is -0.143. The van der Waals surface area contributed by atoms with Gasteiger partial charge in [-0.3, -0.25) is 14.3 Å². The molecule has 3 heterocycles. The number of hydrogen-bond donors (Lipinski definition) is 1. The van der Waals surface area contributed by atoms with E-state index in [0.717, 1.165) is 11.1 Å². The number of pyridine rings is 1. The van der Waals surface area contributed by atoms with E-state index in [1.165, 1.54) is 18.2 Å². The van der Waals surface area contributed by atoms with Crippen LogP contribution in [0, 0.1) is 6.92 Å². The van der Waals surface area contributed by atoms with Gasteiger partial charge >= 0.3 is 0 Å². The number of nitrogens with zero attached hydrogens (tertiary/aromatic N) is 4. The summed E-state index contributed by atoms with van der Waals surface area (Å²) in [5, 5.41) is 7.72. The van der Waals surface area contributed by atoms with Crippen LogP contribution in [0.5, 0.6) is 5.75 Å². The van der Waals surface area contributed by atoms with Gasteiger partial charge < -0.3 is 15.0 Å². The molecule has 0 bridgehead atoms. The molecule has 2 amide bonds. The number of piperazine rings is 1. The van der Waals surface area contributed by atoms with E-state index in [9.17, 15) is 9.59 Å². The lowest BCUT2D eigenvalue weighted by atomic mass is 10.1. The Bertz CT molecular complexity index is 767. The van der Waals surface area contributed by atoms with Gasteiger partial charge in [-0.1, -0.05) is 0 Å². The molecule has 0 radical (unpaired) electrons. The van der Waals surface area contributed by atoms with E-state index in [1.807, 2.05) is 6.92 Å². The van der Waals surface area contributed by atoms with Crippen molar-refractivity contribution in [3.8, 4) is 5.75 Å². The second-order valence-electron chi connectivity index (χ2n) is 5.19. The fourth-order valence-electron chi connectivity index (χ4n) is 2.73. The maximum absolute atomic E-state index is 12.7. The smallest absolute Gasteiger partial charge is 0.259 e. The molecule has 0 aromatic carbocycles. The van der Waals surface area contributed by atoms with Gasteiger partial charge in [0.1, 0.15) is 11.3 Å². The van der Waals surface area contributed by atoms with Crippen LogP contribution in [0.15, 0.2) is 6.20 Å². The summed E-state index contributed by atoms with van der Waals surface area (Å²) >= 11 is 0. The second kappa shape index (κ2) is 5.28. The van der Waals surface area contributed by atoms with Gasteiger partial charge in [0.25, 0.3) is 5.91 Å². The Labute approximate surface area is 127 Å². The second-order valence-corrected chi connectivity index (χ2v) is 5.19. The van der Waals surface area contributed by atoms with E-state index in [0.29, 0.717) is 30.0 Å². The molecule has 1 aliphatic rings. The van der Waals surface area contributed by atoms with Crippen molar-refractivity contribution in [3.63, 3.8) is 0 Å². The van der Waals surface area contributed by atoms with Crippen molar-refractivity contribution in [2.45, 2.75) is 6.92 Å². The number of aryl methyl sites for hydroxylation is 2. The lowest BCUT2D eigenvalue weighted by Gasteiger charge is -2.27. The van der Waals surface area contributed by atoms with Crippen LogP contribution in [0.4, 0.5) is 0 Å². The van der Waals surface area contributed by atoms with Crippen molar-refractivity contribution in [1.82, 2.24) is 25.0 Å². The molecule has 0 saturated carbocycles. The van der Waals surface area contributed by atoms with Crippen molar-refractivity contribution in [3.05, 3.63) is 17.5 Å². The first-order chi connectivity index (χ1) is 10.5. The summed E-state index contributed by atoms with van der Waals surface area (Å²) in [5.41, 5.74) is 1.75. The van der Waals surface area contributed by atoms with Gasteiger partial charge in [-0.2, -0.15) is 5.10 Å². The first-order valence-corrected chi connectivity index (χ1v) is 6.95. The zero-order valence-electron chi connectivity index (χ0n) is 12.7. The van der Waals surface area contributed by atoms with E-state index < -0.39 is 0 Å². The Morgan fingerprint density at radius 2 is 2.23 bits per heavy atom. The zero-order valence-corrected chi connectivity index (χ0v) is 12.7. The molecule has 116 valence electrons. The lowest BCUT2D eigenvalue weighted by Crippen LogP contribution is -2.50. The first-order valence-electron chi connectivity index (χ1n) is 6.95. The topological polar surface area (TPSA) is 89.3 Å². The van der Waals surface area contributed by atoms with Crippen molar-refractivity contribution >= 4 is 22.8 Å². The molecular formula is C14H17N5O3. The van der Waals surface area contributed by atoms with Crippen molar-refractivity contribution in [2.75, 3.05) is 26.7 Å². The maximum atomic E-state index is 12.7. The summed E-state index contributed by atoms with van der Waals surface area (Å²) in [4.78, 5) is 30.0. The fraction of sp³-hybridized carbons (Fsp3) is 0.429. The Balaban J connectivity index is 2.08. The van der Waals surface area contributed by atoms with Crippen LogP contribution in [0.2, 0.25) is 0 Å². The van der Waals surface area contributed by atoms with Crippen LogP contribution in [-0.4, -0.2) is 58.2 Å². The summed E-state index contributed by atoms with van der Waals surface area (Å²) in [6, 6.07) is 0. The highest BCUT2D eigenvalue weighted by atomic mass is 16.5. The normalized spacial score (nSPS) is 15.0. The Kier molecular flexibility index (Phi) is 3.44. The average Bonchev–Trinajstić information content (AvgIpc) is 2.80. The summed E-state index contributed by atoms with van der Waals surface area (Å²) < 4.78 is 7.10. The van der Waals surface area contributed by atoms with Crippen LogP contribution in [-0.2, 0) is 11.8 Å². The predicted molar refractivity (Wildman–Crippen MR) is 78.7 cm³/mol. The molecule has 1 fully saturated rings. The molecule has 8 nitrogen and oxygen atoms in total. The maximum Gasteiger partial charge on any atom is 0.259 e. The van der Waals surface area contributed by atoms with E-state index in [-0.39, 0.29) is 18.4 Å². The van der Waals surface area contributed by atoms with Gasteiger partial charge in [0, 0.05) is 26.3 Å². The van der Waals surface area contributed by atoms with Crippen LogP contribution in [0.3, 0.4) is 0 Å². The molecule has 1 saturated heterocycles. The SMILES string of the molecule is COc1c(C(=O)N2CCNC(=O)C2)cnc2c1c(C)nn2C. The number of aromatic nitrogens is 3. The van der Waals surface area contributed by atoms with Crippen LogP contribution >= 0.6 is 0 Å². The number of methoxy groups -OCH3 is 1. The number of ether oxygens (including phenoxy) is 1. The summed E-state index contributed by atoms with van der Waals surface area (Å²) in [7, 11) is 3.30. The molecule has 22 heavy (non-hydrogen) atoms. The van der Waals surface area contributed by atoms with Gasteiger partial charge in [0.2, 0.25) is 5.91 Å². The van der Waals surface area contributed by atoms with E-state index in [4.69, 9.17) is 4.74 Å². The first kappa shape index (κ1) is 14.3. The Morgan fingerprint density at radius 3 is 2.91 bits per heavy atom. The van der Waals surface area contributed by atoms with Crippen LogP contribution < -0.4 is 10.1 Å². The summed E-state index contributed by atoms with van der Waals surface area (Å²) in [5.74, 6) is 0.0288. The average molecular weight is 303 g/mol. The minimum atomic E-state index is -0.260. The highest BCUT2D eigenvalue weighted by Crippen LogP contribution is 2.31. The van der Waals surface area contributed by atoms with E-state index >= 15 is 0 Å². The third kappa shape index (κ3) is 2.16. The monoisotopic (exact) mass is 303 g/mol. The number of carbonyl (C=O) groups excluding carboxylic acids is 2. The molecular weight excluding hydrogens is 286 g/mol. The molecule has 0 aliphatic carbocycles. The van der Waals surface area contributed by atoms with Gasteiger partial charge in [0.15, 0.2) is 5.65 Å². The van der Waals surface area contributed by atoms with E-state index in [1.54, 1.807) is 11.7 Å². The lowest BCUT2D eigenvalue weighted by molar-refractivity contribution is -0.123. The quantitative estimate of drug-likeness (QED) is 0.834. The number of hydrogen-bond acceptors (Lipinski definition) is 5. The van der Waals surface area contributed by atoms with Crippen molar-refractivity contribution in [1.29, 1.82) is 0 Å². The van der Waals surface area contributed by atoms with Crippen LogP contribution in [0.25, 0.3) is 11.0 Å². The molecule has 0 spiro atoms. The molecule has 8 heteroatoms. The van der Waals surface area contributed by atoms with Gasteiger partial charge in [-0.25, -0.2) is 4.98 Å². The minimum absolute atomic E-state index is 0.0477. The molecule has 3 rings (SSSR count). The zero-order chi connectivity index (χ0) is 15.9. The number of rotatable bonds is 2. The Morgan fingerprint density at radius 1 is 1.45 bits per heavy atom. The van der Waals surface area contributed by atoms with Gasteiger partial charge in [-0.15, -0.1) is 0 Å². The van der Waals surface area contributed by atoms with Crippen LogP contribution in [0.1, 0.15) is 16.1 Å². The summed E-state index contributed by atoms with van der Waals surface area (Å²) in [6.45, 7) is 2.81. The standard InChI is InChI=1S/C14H17N5O3/c1-8-11-12(22-3)9(6-16-13(11)18(2)17-8)14(21)19-5-4-15-10(20)7-19/h6H,4-5,7H2,1-3H3,(H,15,20). The largest absolute Gasteiger partial charge is 0.495 e. The van der Waals surface area contributed by atoms with Crippen molar-refractivity contribution in [2.24, 2.45) is 7.05 Å². The molecule has 2 aromatic heterocycles. The molecule has 0 unspecified atom stereocenters. The Hall–Kier alpha value is -2.64. The third-order valence-corrected chi connectivity index (χ3v) is 3.74. The highest BCUT2D eigenvalue weighted by Gasteiger charge is 2.27. The minimum Gasteiger partial charge on any atom is -0.495 e. The number of fused-ring (bicyclic) bond motifs is 1. The van der Waals surface area contributed by atoms with E-state index in [2.05, 4.69) is 15.4 Å². The number of nitrogens with one attached hydrogen (secondary N) is 1. The molecule has 1 aliphatic heterocycles. The molecule has 2 aromatic rings. The third-order valence-electron chi connectivity index (χ3n) is 3.74. The van der Waals surface area contributed by atoms with Gasteiger partial charge in [0.05, 0.1) is 24.7 Å². The number of carbonyl (C=O) groups is 2. The molecule has 0 atom stereocenters.